The molecule has 1 aromatic carbocycles. The SMILES string of the molecule is CCCN(CCC)c1c(C)nc(-c2c(OC)cccc2OC(F)(F)F)nc1OCC. The van der Waals surface area contributed by atoms with Gasteiger partial charge in [0.05, 0.1) is 19.4 Å². The molecule has 30 heavy (non-hydrogen) atoms. The van der Waals surface area contributed by atoms with Gasteiger partial charge in [-0.1, -0.05) is 19.9 Å². The molecule has 0 atom stereocenters. The molecule has 9 heteroatoms. The number of aryl methyl sites for hydroxylation is 1. The molecule has 1 aromatic heterocycles. The average Bonchev–Trinajstić information content (AvgIpc) is 2.66. The van der Waals surface area contributed by atoms with Gasteiger partial charge in [0.1, 0.15) is 22.7 Å². The lowest BCUT2D eigenvalue weighted by Gasteiger charge is -2.27. The molecule has 2 rings (SSSR count). The number of aromatic nitrogens is 2. The van der Waals surface area contributed by atoms with Gasteiger partial charge in [-0.15, -0.1) is 13.2 Å². The zero-order valence-electron chi connectivity index (χ0n) is 18.0. The third-order valence-corrected chi connectivity index (χ3v) is 4.27. The fourth-order valence-electron chi connectivity index (χ4n) is 3.24. The molecule has 0 saturated heterocycles. The van der Waals surface area contributed by atoms with Gasteiger partial charge in [0.2, 0.25) is 5.88 Å². The van der Waals surface area contributed by atoms with E-state index in [-0.39, 0.29) is 17.1 Å². The Balaban J connectivity index is 2.69. The number of halogens is 3. The number of ether oxygens (including phenoxy) is 3. The Kier molecular flexibility index (Phi) is 8.14. The van der Waals surface area contributed by atoms with E-state index in [0.717, 1.165) is 31.6 Å². The minimum Gasteiger partial charge on any atom is -0.496 e. The van der Waals surface area contributed by atoms with Gasteiger partial charge in [0.15, 0.2) is 5.82 Å². The molecule has 0 fully saturated rings. The van der Waals surface area contributed by atoms with Crippen LogP contribution in [0.15, 0.2) is 18.2 Å². The number of benzene rings is 1. The number of methoxy groups -OCH3 is 1. The van der Waals surface area contributed by atoms with E-state index in [2.05, 4.69) is 33.5 Å². The maximum atomic E-state index is 13.0. The normalized spacial score (nSPS) is 11.3. The third-order valence-electron chi connectivity index (χ3n) is 4.27. The van der Waals surface area contributed by atoms with Crippen molar-refractivity contribution in [3.05, 3.63) is 23.9 Å². The van der Waals surface area contributed by atoms with Crippen LogP contribution in [0.3, 0.4) is 0 Å². The van der Waals surface area contributed by atoms with Gasteiger partial charge in [0, 0.05) is 13.1 Å². The zero-order valence-corrected chi connectivity index (χ0v) is 18.0. The van der Waals surface area contributed by atoms with Crippen LogP contribution in [-0.4, -0.2) is 43.1 Å². The lowest BCUT2D eigenvalue weighted by atomic mass is 10.1. The van der Waals surface area contributed by atoms with Crippen LogP contribution in [-0.2, 0) is 0 Å². The van der Waals surface area contributed by atoms with Crippen molar-refractivity contribution in [2.75, 3.05) is 31.7 Å². The minimum atomic E-state index is -4.86. The Morgan fingerprint density at radius 1 is 1.00 bits per heavy atom. The van der Waals surface area contributed by atoms with E-state index in [1.54, 1.807) is 6.92 Å². The highest BCUT2D eigenvalue weighted by atomic mass is 19.4. The molecule has 0 aliphatic carbocycles. The van der Waals surface area contributed by atoms with Crippen molar-refractivity contribution in [3.63, 3.8) is 0 Å². The molecule has 0 unspecified atom stereocenters. The summed E-state index contributed by atoms with van der Waals surface area (Å²) in [5.74, 6) is 0.107. The van der Waals surface area contributed by atoms with E-state index < -0.39 is 12.1 Å². The molecule has 0 bridgehead atoms. The third kappa shape index (κ3) is 5.67. The smallest absolute Gasteiger partial charge is 0.496 e. The Labute approximate surface area is 175 Å². The van der Waals surface area contributed by atoms with E-state index in [9.17, 15) is 13.2 Å². The summed E-state index contributed by atoms with van der Waals surface area (Å²) in [7, 11) is 1.37. The number of nitrogens with zero attached hydrogens (tertiary/aromatic N) is 3. The fraction of sp³-hybridized carbons (Fsp3) is 0.524. The largest absolute Gasteiger partial charge is 0.573 e. The first-order chi connectivity index (χ1) is 14.3. The molecule has 0 aliphatic rings. The summed E-state index contributed by atoms with van der Waals surface area (Å²) in [5, 5.41) is 0. The summed E-state index contributed by atoms with van der Waals surface area (Å²) in [6.45, 7) is 9.69. The van der Waals surface area contributed by atoms with E-state index in [0.29, 0.717) is 18.2 Å². The first-order valence-electron chi connectivity index (χ1n) is 9.95. The first-order valence-corrected chi connectivity index (χ1v) is 9.95. The summed E-state index contributed by atoms with van der Waals surface area (Å²) < 4.78 is 54.1. The van der Waals surface area contributed by atoms with E-state index in [1.807, 2.05) is 6.92 Å². The first kappa shape index (κ1) is 23.6. The van der Waals surface area contributed by atoms with Gasteiger partial charge in [0.25, 0.3) is 0 Å². The molecule has 6 nitrogen and oxygen atoms in total. The Bertz CT molecular complexity index is 838. The predicted molar refractivity (Wildman–Crippen MR) is 109 cm³/mol. The second kappa shape index (κ2) is 10.4. The maximum absolute atomic E-state index is 13.0. The molecule has 0 amide bonds. The second-order valence-electron chi connectivity index (χ2n) is 6.59. The number of alkyl halides is 3. The molecular weight excluding hydrogens is 399 g/mol. The van der Waals surface area contributed by atoms with Crippen LogP contribution in [0.1, 0.15) is 39.3 Å². The highest BCUT2D eigenvalue weighted by Crippen LogP contribution is 2.41. The van der Waals surface area contributed by atoms with Crippen molar-refractivity contribution in [1.82, 2.24) is 9.97 Å². The van der Waals surface area contributed by atoms with Crippen LogP contribution in [0.25, 0.3) is 11.4 Å². The lowest BCUT2D eigenvalue weighted by Crippen LogP contribution is -2.27. The van der Waals surface area contributed by atoms with Crippen LogP contribution in [0.4, 0.5) is 18.9 Å². The average molecular weight is 427 g/mol. The van der Waals surface area contributed by atoms with Crippen LogP contribution < -0.4 is 19.1 Å². The molecule has 166 valence electrons. The molecule has 0 radical (unpaired) electrons. The zero-order chi connectivity index (χ0) is 22.3. The van der Waals surface area contributed by atoms with Gasteiger partial charge < -0.3 is 19.1 Å². The van der Waals surface area contributed by atoms with Gasteiger partial charge >= 0.3 is 6.36 Å². The summed E-state index contributed by atoms with van der Waals surface area (Å²) in [6, 6.07) is 4.16. The topological polar surface area (TPSA) is 56.7 Å². The molecular formula is C21H28F3N3O3. The fourth-order valence-corrected chi connectivity index (χ4v) is 3.24. The van der Waals surface area contributed by atoms with E-state index >= 15 is 0 Å². The lowest BCUT2D eigenvalue weighted by molar-refractivity contribution is -0.274. The van der Waals surface area contributed by atoms with Crippen LogP contribution in [0.5, 0.6) is 17.4 Å². The monoisotopic (exact) mass is 427 g/mol. The molecule has 1 heterocycles. The van der Waals surface area contributed by atoms with Gasteiger partial charge in [-0.3, -0.25) is 0 Å². The summed E-state index contributed by atoms with van der Waals surface area (Å²) in [5.41, 5.74) is 1.37. The van der Waals surface area contributed by atoms with Crippen LogP contribution >= 0.6 is 0 Å². The molecule has 0 N–H and O–H groups in total. The molecule has 0 saturated carbocycles. The van der Waals surface area contributed by atoms with Crippen LogP contribution in [0.2, 0.25) is 0 Å². The van der Waals surface area contributed by atoms with Crippen LogP contribution in [0, 0.1) is 6.92 Å². The Morgan fingerprint density at radius 2 is 1.63 bits per heavy atom. The Hall–Kier alpha value is -2.71. The number of hydrogen-bond acceptors (Lipinski definition) is 6. The molecule has 2 aromatic rings. The highest BCUT2D eigenvalue weighted by molar-refractivity contribution is 5.74. The predicted octanol–water partition coefficient (Wildman–Crippen LogP) is 5.38. The standard InChI is InChI=1S/C21H28F3N3O3/c1-6-12-27(13-7-2)18-14(4)25-19(26-20(18)29-8-3)17-15(28-5)10-9-11-16(17)30-21(22,23)24/h9-11H,6-8,12-13H2,1-5H3. The maximum Gasteiger partial charge on any atom is 0.573 e. The summed E-state index contributed by atoms with van der Waals surface area (Å²) in [4.78, 5) is 11.1. The van der Waals surface area contributed by atoms with E-state index in [1.165, 1.54) is 25.3 Å². The van der Waals surface area contributed by atoms with Gasteiger partial charge in [-0.25, -0.2) is 4.98 Å². The number of rotatable bonds is 10. The van der Waals surface area contributed by atoms with Gasteiger partial charge in [-0.05, 0) is 38.8 Å². The number of hydrogen-bond donors (Lipinski definition) is 0. The van der Waals surface area contributed by atoms with Crippen molar-refractivity contribution in [1.29, 1.82) is 0 Å². The minimum absolute atomic E-state index is 0.0189. The van der Waals surface area contributed by atoms with Crippen molar-refractivity contribution in [2.45, 2.75) is 46.9 Å². The molecule has 0 spiro atoms. The summed E-state index contributed by atoms with van der Waals surface area (Å²) >= 11 is 0. The van der Waals surface area contributed by atoms with Crippen molar-refractivity contribution in [3.8, 4) is 28.8 Å². The quantitative estimate of drug-likeness (QED) is 0.507. The highest BCUT2D eigenvalue weighted by Gasteiger charge is 2.34. The van der Waals surface area contributed by atoms with Crippen molar-refractivity contribution < 1.29 is 27.4 Å². The van der Waals surface area contributed by atoms with Crippen molar-refractivity contribution in [2.24, 2.45) is 0 Å². The summed E-state index contributed by atoms with van der Waals surface area (Å²) in [6.07, 6.45) is -3.02. The second-order valence-corrected chi connectivity index (χ2v) is 6.59. The van der Waals surface area contributed by atoms with Gasteiger partial charge in [-0.2, -0.15) is 4.98 Å². The Morgan fingerprint density at radius 3 is 2.17 bits per heavy atom. The number of anilines is 1. The van der Waals surface area contributed by atoms with Crippen molar-refractivity contribution >= 4 is 5.69 Å². The molecule has 0 aliphatic heterocycles. The van der Waals surface area contributed by atoms with E-state index in [4.69, 9.17) is 9.47 Å².